The highest BCUT2D eigenvalue weighted by Crippen LogP contribution is 2.28. The van der Waals surface area contributed by atoms with E-state index in [0.717, 1.165) is 28.3 Å². The molecule has 0 saturated carbocycles. The second-order valence-electron chi connectivity index (χ2n) is 6.03. The van der Waals surface area contributed by atoms with Crippen molar-refractivity contribution in [3.05, 3.63) is 34.5 Å². The standard InChI is InChI=1S/C17H18BrNO4/c18-13-1-2-14-12(9-13)10-15(23-14)16(20)19-5-3-11(4-6-19)17-21-7-8-22-17/h1-2,9-11,17H,3-8H2. The fourth-order valence-corrected chi connectivity index (χ4v) is 3.68. The van der Waals surface area contributed by atoms with E-state index in [2.05, 4.69) is 15.9 Å². The molecule has 2 fully saturated rings. The number of nitrogens with zero attached hydrogens (tertiary/aromatic N) is 1. The lowest BCUT2D eigenvalue weighted by molar-refractivity contribution is -0.0956. The minimum Gasteiger partial charge on any atom is -0.451 e. The first-order valence-electron chi connectivity index (χ1n) is 7.92. The maximum atomic E-state index is 12.6. The van der Waals surface area contributed by atoms with Gasteiger partial charge in [0, 0.05) is 28.9 Å². The third-order valence-electron chi connectivity index (χ3n) is 4.55. The van der Waals surface area contributed by atoms with E-state index in [1.165, 1.54) is 0 Å². The number of carbonyl (C=O) groups is 1. The summed E-state index contributed by atoms with van der Waals surface area (Å²) in [5.41, 5.74) is 0.735. The Morgan fingerprint density at radius 1 is 1.13 bits per heavy atom. The molecule has 2 saturated heterocycles. The summed E-state index contributed by atoms with van der Waals surface area (Å²) < 4.78 is 17.8. The number of halogens is 1. The van der Waals surface area contributed by atoms with Crippen molar-refractivity contribution in [3.63, 3.8) is 0 Å². The number of amides is 1. The molecule has 0 spiro atoms. The van der Waals surface area contributed by atoms with Crippen molar-refractivity contribution in [2.45, 2.75) is 19.1 Å². The molecule has 0 unspecified atom stereocenters. The fourth-order valence-electron chi connectivity index (χ4n) is 3.30. The van der Waals surface area contributed by atoms with Gasteiger partial charge in [-0.3, -0.25) is 4.79 Å². The summed E-state index contributed by atoms with van der Waals surface area (Å²) in [5.74, 6) is 0.752. The zero-order valence-corrected chi connectivity index (χ0v) is 14.3. The second-order valence-corrected chi connectivity index (χ2v) is 6.95. The van der Waals surface area contributed by atoms with Gasteiger partial charge in [0.15, 0.2) is 12.1 Å². The molecule has 122 valence electrons. The van der Waals surface area contributed by atoms with Gasteiger partial charge in [-0.05, 0) is 37.1 Å². The number of ether oxygens (including phenoxy) is 2. The minimum absolute atomic E-state index is 0.0379. The Labute approximate surface area is 142 Å². The van der Waals surface area contributed by atoms with Gasteiger partial charge in [-0.1, -0.05) is 15.9 Å². The molecule has 0 bridgehead atoms. The van der Waals surface area contributed by atoms with Gasteiger partial charge in [-0.2, -0.15) is 0 Å². The monoisotopic (exact) mass is 379 g/mol. The highest BCUT2D eigenvalue weighted by molar-refractivity contribution is 9.10. The summed E-state index contributed by atoms with van der Waals surface area (Å²) in [5, 5.41) is 0.936. The molecule has 2 aliphatic rings. The number of piperidine rings is 1. The first-order chi connectivity index (χ1) is 11.2. The Bertz CT molecular complexity index is 714. The van der Waals surface area contributed by atoms with E-state index < -0.39 is 0 Å². The van der Waals surface area contributed by atoms with Crippen molar-refractivity contribution in [1.29, 1.82) is 0 Å². The lowest BCUT2D eigenvalue weighted by Crippen LogP contribution is -2.41. The Hall–Kier alpha value is -1.37. The number of hydrogen-bond donors (Lipinski definition) is 0. The van der Waals surface area contributed by atoms with E-state index in [1.807, 2.05) is 29.2 Å². The molecule has 0 aliphatic carbocycles. The van der Waals surface area contributed by atoms with Crippen LogP contribution in [0.1, 0.15) is 23.4 Å². The molecule has 2 aliphatic heterocycles. The largest absolute Gasteiger partial charge is 0.451 e. The number of fused-ring (bicyclic) bond motifs is 1. The smallest absolute Gasteiger partial charge is 0.289 e. The number of benzene rings is 1. The van der Waals surface area contributed by atoms with Crippen molar-refractivity contribution in [3.8, 4) is 0 Å². The van der Waals surface area contributed by atoms with Gasteiger partial charge in [0.2, 0.25) is 0 Å². The maximum absolute atomic E-state index is 12.6. The third kappa shape index (κ3) is 3.03. The average Bonchev–Trinajstić information content (AvgIpc) is 3.23. The molecule has 1 aromatic heterocycles. The third-order valence-corrected chi connectivity index (χ3v) is 5.04. The van der Waals surface area contributed by atoms with E-state index in [0.29, 0.717) is 38.0 Å². The highest BCUT2D eigenvalue weighted by Gasteiger charge is 2.32. The van der Waals surface area contributed by atoms with Gasteiger partial charge in [-0.25, -0.2) is 0 Å². The van der Waals surface area contributed by atoms with Crippen molar-refractivity contribution in [2.75, 3.05) is 26.3 Å². The molecule has 1 aromatic carbocycles. The van der Waals surface area contributed by atoms with Crippen LogP contribution in [0.15, 0.2) is 33.2 Å². The average molecular weight is 380 g/mol. The normalized spacial score (nSPS) is 20.5. The summed E-state index contributed by atoms with van der Waals surface area (Å²) in [6.07, 6.45) is 1.72. The zero-order valence-electron chi connectivity index (χ0n) is 12.7. The molecule has 1 amide bonds. The molecule has 0 atom stereocenters. The van der Waals surface area contributed by atoms with Gasteiger partial charge in [0.05, 0.1) is 13.2 Å². The quantitative estimate of drug-likeness (QED) is 0.801. The van der Waals surface area contributed by atoms with Crippen LogP contribution in [0.5, 0.6) is 0 Å². The Morgan fingerprint density at radius 2 is 1.87 bits per heavy atom. The fraction of sp³-hybridized carbons (Fsp3) is 0.471. The summed E-state index contributed by atoms with van der Waals surface area (Å²) >= 11 is 3.43. The minimum atomic E-state index is -0.0872. The SMILES string of the molecule is O=C(c1cc2cc(Br)ccc2o1)N1CCC(C2OCCO2)CC1. The lowest BCUT2D eigenvalue weighted by atomic mass is 9.96. The van der Waals surface area contributed by atoms with E-state index in [1.54, 1.807) is 0 Å². The number of carbonyl (C=O) groups excluding carboxylic acids is 1. The van der Waals surface area contributed by atoms with Gasteiger partial charge in [-0.15, -0.1) is 0 Å². The van der Waals surface area contributed by atoms with E-state index in [4.69, 9.17) is 13.9 Å². The molecule has 5 nitrogen and oxygen atoms in total. The summed E-state index contributed by atoms with van der Waals surface area (Å²) in [7, 11) is 0. The molecule has 23 heavy (non-hydrogen) atoms. The van der Waals surface area contributed by atoms with Crippen LogP contribution in [0, 0.1) is 5.92 Å². The van der Waals surface area contributed by atoms with Gasteiger partial charge >= 0.3 is 0 Å². The van der Waals surface area contributed by atoms with Crippen LogP contribution in [0.25, 0.3) is 11.0 Å². The molecule has 0 N–H and O–H groups in total. The zero-order chi connectivity index (χ0) is 15.8. The van der Waals surface area contributed by atoms with Crippen LogP contribution in [-0.4, -0.2) is 43.4 Å². The van der Waals surface area contributed by atoms with Crippen molar-refractivity contribution in [2.24, 2.45) is 5.92 Å². The lowest BCUT2D eigenvalue weighted by Gasteiger charge is -2.33. The summed E-state index contributed by atoms with van der Waals surface area (Å²) in [6, 6.07) is 7.55. The first-order valence-corrected chi connectivity index (χ1v) is 8.71. The van der Waals surface area contributed by atoms with Crippen LogP contribution in [0.3, 0.4) is 0 Å². The van der Waals surface area contributed by atoms with E-state index >= 15 is 0 Å². The van der Waals surface area contributed by atoms with Crippen molar-refractivity contribution in [1.82, 2.24) is 4.90 Å². The molecule has 6 heteroatoms. The molecule has 2 aromatic rings. The van der Waals surface area contributed by atoms with Crippen molar-refractivity contribution >= 4 is 32.8 Å². The van der Waals surface area contributed by atoms with Crippen LogP contribution in [0.4, 0.5) is 0 Å². The Balaban J connectivity index is 1.44. The first kappa shape index (κ1) is 15.2. The van der Waals surface area contributed by atoms with Crippen molar-refractivity contribution < 1.29 is 18.7 Å². The predicted molar refractivity (Wildman–Crippen MR) is 88.2 cm³/mol. The number of likely N-dealkylation sites (tertiary alicyclic amines) is 1. The van der Waals surface area contributed by atoms with Crippen LogP contribution >= 0.6 is 15.9 Å². The Morgan fingerprint density at radius 3 is 2.61 bits per heavy atom. The number of furan rings is 1. The van der Waals surface area contributed by atoms with E-state index in [-0.39, 0.29) is 12.2 Å². The van der Waals surface area contributed by atoms with Crippen LogP contribution < -0.4 is 0 Å². The number of hydrogen-bond acceptors (Lipinski definition) is 4. The highest BCUT2D eigenvalue weighted by atomic mass is 79.9. The summed E-state index contributed by atoms with van der Waals surface area (Å²) in [6.45, 7) is 2.79. The van der Waals surface area contributed by atoms with E-state index in [9.17, 15) is 4.79 Å². The Kier molecular flexibility index (Phi) is 4.13. The molecule has 3 heterocycles. The van der Waals surface area contributed by atoms with Gasteiger partial charge < -0.3 is 18.8 Å². The summed E-state index contributed by atoms with van der Waals surface area (Å²) in [4.78, 5) is 14.5. The molecule has 4 rings (SSSR count). The van der Waals surface area contributed by atoms with Crippen LogP contribution in [-0.2, 0) is 9.47 Å². The molecular weight excluding hydrogens is 362 g/mol. The maximum Gasteiger partial charge on any atom is 0.289 e. The molecule has 0 radical (unpaired) electrons. The second kappa shape index (κ2) is 6.26. The van der Waals surface area contributed by atoms with Gasteiger partial charge in [0.25, 0.3) is 5.91 Å². The molecular formula is C17H18BrNO4. The van der Waals surface area contributed by atoms with Crippen LogP contribution in [0.2, 0.25) is 0 Å². The van der Waals surface area contributed by atoms with Gasteiger partial charge in [0.1, 0.15) is 5.58 Å². The predicted octanol–water partition coefficient (Wildman–Crippen LogP) is 3.42. The number of rotatable bonds is 2. The topological polar surface area (TPSA) is 51.9 Å².